The van der Waals surface area contributed by atoms with Crippen molar-refractivity contribution in [3.05, 3.63) is 71.9 Å². The molecule has 2 aromatic carbocycles. The lowest BCUT2D eigenvalue weighted by Crippen LogP contribution is -2.12. The minimum Gasteiger partial charge on any atom is -0.493 e. The molecular formula is C24H26N2O4. The van der Waals surface area contributed by atoms with Crippen molar-refractivity contribution in [3.63, 3.8) is 0 Å². The summed E-state index contributed by atoms with van der Waals surface area (Å²) in [6, 6.07) is 16.4. The molecule has 0 bridgehead atoms. The summed E-state index contributed by atoms with van der Waals surface area (Å²) < 4.78 is 16.2. The van der Waals surface area contributed by atoms with Gasteiger partial charge in [0.25, 0.3) is 5.91 Å². The molecule has 0 fully saturated rings. The number of benzene rings is 2. The van der Waals surface area contributed by atoms with Crippen LogP contribution < -0.4 is 19.5 Å². The van der Waals surface area contributed by atoms with E-state index in [1.807, 2.05) is 24.3 Å². The molecule has 0 spiro atoms. The first-order chi connectivity index (χ1) is 14.3. The summed E-state index contributed by atoms with van der Waals surface area (Å²) in [5.41, 5.74) is 2.33. The zero-order valence-electron chi connectivity index (χ0n) is 17.9. The third kappa shape index (κ3) is 5.08. The van der Waals surface area contributed by atoms with Crippen LogP contribution in [0.3, 0.4) is 0 Å². The van der Waals surface area contributed by atoms with E-state index in [1.54, 1.807) is 43.6 Å². The van der Waals surface area contributed by atoms with Crippen molar-refractivity contribution in [2.24, 2.45) is 0 Å². The molecule has 0 saturated heterocycles. The Labute approximate surface area is 176 Å². The Kier molecular flexibility index (Phi) is 6.26. The molecule has 0 aliphatic rings. The summed E-state index contributed by atoms with van der Waals surface area (Å²) in [7, 11) is 3.07. The number of amides is 1. The number of hydrogen-bond donors (Lipinski definition) is 1. The van der Waals surface area contributed by atoms with E-state index in [4.69, 9.17) is 14.2 Å². The van der Waals surface area contributed by atoms with Gasteiger partial charge in [0, 0.05) is 11.6 Å². The highest BCUT2D eigenvalue weighted by Gasteiger charge is 2.14. The summed E-state index contributed by atoms with van der Waals surface area (Å²) in [5.74, 6) is 1.93. The van der Waals surface area contributed by atoms with E-state index >= 15 is 0 Å². The van der Waals surface area contributed by atoms with E-state index in [9.17, 15) is 4.79 Å². The van der Waals surface area contributed by atoms with Crippen molar-refractivity contribution in [2.75, 3.05) is 19.5 Å². The maximum atomic E-state index is 12.5. The summed E-state index contributed by atoms with van der Waals surface area (Å²) in [5, 5.41) is 2.81. The van der Waals surface area contributed by atoms with Crippen molar-refractivity contribution < 1.29 is 19.0 Å². The molecular weight excluding hydrogens is 380 g/mol. The average Bonchev–Trinajstić information content (AvgIpc) is 2.74. The van der Waals surface area contributed by atoms with Crippen molar-refractivity contribution >= 4 is 11.6 Å². The van der Waals surface area contributed by atoms with E-state index in [-0.39, 0.29) is 11.3 Å². The molecule has 6 nitrogen and oxygen atoms in total. The smallest absolute Gasteiger partial charge is 0.255 e. The highest BCUT2D eigenvalue weighted by molar-refractivity contribution is 6.04. The molecule has 1 heterocycles. The van der Waals surface area contributed by atoms with E-state index in [2.05, 4.69) is 31.1 Å². The largest absolute Gasteiger partial charge is 0.493 e. The molecule has 3 aromatic rings. The SMILES string of the molecule is COc1ccc(C(=O)Nc2ccc(Oc3ccc(C(C)(C)C)cc3)nc2)cc1OC. The third-order valence-electron chi connectivity index (χ3n) is 4.58. The Bertz CT molecular complexity index is 1010. The minimum absolute atomic E-state index is 0.0878. The molecule has 0 unspecified atom stereocenters. The second-order valence-corrected chi connectivity index (χ2v) is 7.79. The first kappa shape index (κ1) is 21.2. The number of carbonyl (C=O) groups is 1. The Hall–Kier alpha value is -3.54. The summed E-state index contributed by atoms with van der Waals surface area (Å²) in [6.45, 7) is 6.50. The minimum atomic E-state index is -0.274. The number of rotatable bonds is 6. The monoisotopic (exact) mass is 406 g/mol. The first-order valence-corrected chi connectivity index (χ1v) is 9.58. The van der Waals surface area contributed by atoms with Crippen molar-refractivity contribution in [3.8, 4) is 23.1 Å². The fourth-order valence-corrected chi connectivity index (χ4v) is 2.84. The van der Waals surface area contributed by atoms with Crippen LogP contribution in [0.25, 0.3) is 0 Å². The molecule has 0 atom stereocenters. The Morgan fingerprint density at radius 1 is 0.900 bits per heavy atom. The number of pyridine rings is 1. The van der Waals surface area contributed by atoms with Gasteiger partial charge in [-0.15, -0.1) is 0 Å². The average molecular weight is 406 g/mol. The van der Waals surface area contributed by atoms with Gasteiger partial charge in [0.05, 0.1) is 26.1 Å². The molecule has 1 N–H and O–H groups in total. The highest BCUT2D eigenvalue weighted by Crippen LogP contribution is 2.28. The number of hydrogen-bond acceptors (Lipinski definition) is 5. The van der Waals surface area contributed by atoms with Gasteiger partial charge in [-0.05, 0) is 47.4 Å². The quantitative estimate of drug-likeness (QED) is 0.590. The summed E-state index contributed by atoms with van der Waals surface area (Å²) in [6.07, 6.45) is 1.55. The van der Waals surface area contributed by atoms with E-state index in [0.717, 1.165) is 0 Å². The molecule has 6 heteroatoms. The molecule has 30 heavy (non-hydrogen) atoms. The lowest BCUT2D eigenvalue weighted by molar-refractivity contribution is 0.102. The van der Waals surface area contributed by atoms with Crippen LogP contribution in [-0.4, -0.2) is 25.1 Å². The van der Waals surface area contributed by atoms with Crippen LogP contribution in [0.5, 0.6) is 23.1 Å². The van der Waals surface area contributed by atoms with E-state index in [0.29, 0.717) is 34.4 Å². The van der Waals surface area contributed by atoms with E-state index in [1.165, 1.54) is 12.7 Å². The number of nitrogens with zero attached hydrogens (tertiary/aromatic N) is 1. The Morgan fingerprint density at radius 2 is 1.60 bits per heavy atom. The summed E-state index contributed by atoms with van der Waals surface area (Å²) in [4.78, 5) is 16.8. The molecule has 156 valence electrons. The second-order valence-electron chi connectivity index (χ2n) is 7.79. The third-order valence-corrected chi connectivity index (χ3v) is 4.58. The molecule has 1 aromatic heterocycles. The molecule has 0 aliphatic carbocycles. The maximum Gasteiger partial charge on any atom is 0.255 e. The lowest BCUT2D eigenvalue weighted by atomic mass is 9.87. The predicted octanol–water partition coefficient (Wildman–Crippen LogP) is 5.44. The van der Waals surface area contributed by atoms with Gasteiger partial charge in [0.1, 0.15) is 5.75 Å². The zero-order valence-corrected chi connectivity index (χ0v) is 17.9. The van der Waals surface area contributed by atoms with Crippen LogP contribution in [0.4, 0.5) is 5.69 Å². The number of carbonyl (C=O) groups excluding carboxylic acids is 1. The summed E-state index contributed by atoms with van der Waals surface area (Å²) >= 11 is 0. The van der Waals surface area contributed by atoms with Gasteiger partial charge in [0.15, 0.2) is 11.5 Å². The van der Waals surface area contributed by atoms with Crippen LogP contribution in [0.15, 0.2) is 60.8 Å². The van der Waals surface area contributed by atoms with Gasteiger partial charge in [-0.1, -0.05) is 32.9 Å². The molecule has 0 aliphatic heterocycles. The Morgan fingerprint density at radius 3 is 2.17 bits per heavy atom. The van der Waals surface area contributed by atoms with E-state index < -0.39 is 0 Å². The Balaban J connectivity index is 1.65. The standard InChI is InChI=1S/C24H26N2O4/c1-24(2,3)17-7-10-19(11-8-17)30-22-13-9-18(15-25-22)26-23(27)16-6-12-20(28-4)21(14-16)29-5/h6-15H,1-5H3,(H,26,27). The number of ether oxygens (including phenoxy) is 3. The van der Waals surface area contributed by atoms with Crippen molar-refractivity contribution in [2.45, 2.75) is 26.2 Å². The van der Waals surface area contributed by atoms with Gasteiger partial charge < -0.3 is 19.5 Å². The van der Waals surface area contributed by atoms with Gasteiger partial charge >= 0.3 is 0 Å². The molecule has 0 saturated carbocycles. The van der Waals surface area contributed by atoms with Crippen molar-refractivity contribution in [1.29, 1.82) is 0 Å². The fraction of sp³-hybridized carbons (Fsp3) is 0.250. The number of nitrogens with one attached hydrogen (secondary N) is 1. The number of anilines is 1. The maximum absolute atomic E-state index is 12.5. The molecule has 1 amide bonds. The van der Waals surface area contributed by atoms with Crippen LogP contribution in [0, 0.1) is 0 Å². The lowest BCUT2D eigenvalue weighted by Gasteiger charge is -2.19. The first-order valence-electron chi connectivity index (χ1n) is 9.58. The second kappa shape index (κ2) is 8.86. The topological polar surface area (TPSA) is 69.7 Å². The number of methoxy groups -OCH3 is 2. The van der Waals surface area contributed by atoms with Gasteiger partial charge in [-0.3, -0.25) is 4.79 Å². The van der Waals surface area contributed by atoms with Crippen LogP contribution in [0.2, 0.25) is 0 Å². The molecule has 0 radical (unpaired) electrons. The highest BCUT2D eigenvalue weighted by atomic mass is 16.5. The van der Waals surface area contributed by atoms with Gasteiger partial charge in [0.2, 0.25) is 5.88 Å². The van der Waals surface area contributed by atoms with Gasteiger partial charge in [-0.25, -0.2) is 4.98 Å². The zero-order chi connectivity index (χ0) is 21.7. The van der Waals surface area contributed by atoms with Crippen molar-refractivity contribution in [1.82, 2.24) is 4.98 Å². The van der Waals surface area contributed by atoms with Crippen LogP contribution in [-0.2, 0) is 5.41 Å². The van der Waals surface area contributed by atoms with Crippen LogP contribution >= 0.6 is 0 Å². The predicted molar refractivity (Wildman–Crippen MR) is 117 cm³/mol. The fourth-order valence-electron chi connectivity index (χ4n) is 2.84. The molecule has 3 rings (SSSR count). The van der Waals surface area contributed by atoms with Crippen LogP contribution in [0.1, 0.15) is 36.7 Å². The van der Waals surface area contributed by atoms with Gasteiger partial charge in [-0.2, -0.15) is 0 Å². The normalized spacial score (nSPS) is 11.0. The number of aromatic nitrogens is 1.